The molecule has 3 heterocycles. The Balaban J connectivity index is 1.17. The number of nitrogens with zero attached hydrogens (tertiary/aromatic N) is 3. The lowest BCUT2D eigenvalue weighted by atomic mass is 9.72. The number of nitrogens with one attached hydrogen (secondary N) is 1. The maximum atomic E-state index is 11.9. The molecule has 0 spiro atoms. The Bertz CT molecular complexity index is 1550. The molecule has 206 valence electrons. The van der Waals surface area contributed by atoms with Crippen LogP contribution in [0.5, 0.6) is 11.5 Å². The summed E-state index contributed by atoms with van der Waals surface area (Å²) in [6.45, 7) is 9.45. The number of aromatic amines is 1. The summed E-state index contributed by atoms with van der Waals surface area (Å²) in [5.41, 5.74) is 6.67. The number of allylic oxidation sites excluding steroid dienone is 1. The zero-order chi connectivity index (χ0) is 27.7. The van der Waals surface area contributed by atoms with E-state index < -0.39 is 5.97 Å². The zero-order valence-corrected chi connectivity index (χ0v) is 23.2. The lowest BCUT2D eigenvalue weighted by molar-refractivity contribution is 0.0694. The molecule has 0 bridgehead atoms. The van der Waals surface area contributed by atoms with Crippen molar-refractivity contribution in [1.82, 2.24) is 14.9 Å². The number of aromatic carboxylic acids is 1. The third kappa shape index (κ3) is 5.61. The van der Waals surface area contributed by atoms with E-state index in [9.17, 15) is 9.90 Å². The van der Waals surface area contributed by atoms with Crippen LogP contribution in [0.15, 0.2) is 78.6 Å². The summed E-state index contributed by atoms with van der Waals surface area (Å²) in [4.78, 5) is 24.3. The van der Waals surface area contributed by atoms with Gasteiger partial charge in [0, 0.05) is 56.1 Å². The standard InChI is InChI=1S/C33H36N4O3/c1-33(2)12-10-25(29(20-33)23-6-4-3-5-7-23)22-36-14-16-37(17-15-36)26-8-9-28(32(38)39)30(19-26)40-27-18-24-11-13-34-31(24)35-21-27/h3-9,11,13,18-19,21H,10,12,14-17,20,22H2,1-2H3,(H,34,35)(H,38,39). The Kier molecular flexibility index (Phi) is 7.07. The van der Waals surface area contributed by atoms with Crippen LogP contribution < -0.4 is 9.64 Å². The molecule has 7 nitrogen and oxygen atoms in total. The van der Waals surface area contributed by atoms with Crippen LogP contribution in [0.1, 0.15) is 49.0 Å². The fourth-order valence-electron chi connectivity index (χ4n) is 5.96. The van der Waals surface area contributed by atoms with Crippen molar-refractivity contribution < 1.29 is 14.6 Å². The first kappa shape index (κ1) is 26.1. The van der Waals surface area contributed by atoms with Crippen molar-refractivity contribution in [3.63, 3.8) is 0 Å². The largest absolute Gasteiger partial charge is 0.478 e. The zero-order valence-electron chi connectivity index (χ0n) is 23.2. The van der Waals surface area contributed by atoms with Gasteiger partial charge in [0.25, 0.3) is 0 Å². The molecule has 4 aromatic rings. The number of carbonyl (C=O) groups is 1. The van der Waals surface area contributed by atoms with E-state index in [1.54, 1.807) is 17.8 Å². The molecule has 2 aliphatic rings. The van der Waals surface area contributed by atoms with Crippen LogP contribution in [-0.2, 0) is 0 Å². The van der Waals surface area contributed by atoms with Crippen LogP contribution in [-0.4, -0.2) is 58.7 Å². The van der Waals surface area contributed by atoms with Crippen molar-refractivity contribution in [2.24, 2.45) is 5.41 Å². The summed E-state index contributed by atoms with van der Waals surface area (Å²) < 4.78 is 6.07. The smallest absolute Gasteiger partial charge is 0.339 e. The summed E-state index contributed by atoms with van der Waals surface area (Å²) in [6, 6.07) is 20.0. The number of hydrogen-bond donors (Lipinski definition) is 2. The molecule has 0 atom stereocenters. The normalized spacial score (nSPS) is 17.8. The number of rotatable bonds is 7. The number of aromatic nitrogens is 2. The molecule has 1 aliphatic heterocycles. The second-order valence-corrected chi connectivity index (χ2v) is 11.7. The van der Waals surface area contributed by atoms with E-state index in [1.807, 2.05) is 30.5 Å². The Morgan fingerprint density at radius 1 is 1.05 bits per heavy atom. The van der Waals surface area contributed by atoms with Gasteiger partial charge in [0.1, 0.15) is 22.7 Å². The molecule has 2 N–H and O–H groups in total. The minimum Gasteiger partial charge on any atom is -0.478 e. The first-order chi connectivity index (χ1) is 19.3. The number of carboxylic acids is 1. The molecule has 2 aromatic carbocycles. The first-order valence-corrected chi connectivity index (χ1v) is 14.1. The number of benzene rings is 2. The maximum Gasteiger partial charge on any atom is 0.339 e. The molecule has 40 heavy (non-hydrogen) atoms. The molecule has 0 radical (unpaired) electrons. The topological polar surface area (TPSA) is 81.7 Å². The minimum atomic E-state index is -1.01. The molecular formula is C33H36N4O3. The van der Waals surface area contributed by atoms with E-state index >= 15 is 0 Å². The number of H-pyrrole nitrogens is 1. The Morgan fingerprint density at radius 3 is 2.62 bits per heavy atom. The van der Waals surface area contributed by atoms with Crippen LogP contribution in [0.3, 0.4) is 0 Å². The van der Waals surface area contributed by atoms with Crippen LogP contribution in [0.2, 0.25) is 0 Å². The molecule has 0 unspecified atom stereocenters. The maximum absolute atomic E-state index is 11.9. The predicted molar refractivity (Wildman–Crippen MR) is 159 cm³/mol. The fourth-order valence-corrected chi connectivity index (χ4v) is 5.96. The number of hydrogen-bond acceptors (Lipinski definition) is 5. The summed E-state index contributed by atoms with van der Waals surface area (Å²) >= 11 is 0. The monoisotopic (exact) mass is 536 g/mol. The van der Waals surface area contributed by atoms with Crippen LogP contribution >= 0.6 is 0 Å². The number of anilines is 1. The van der Waals surface area contributed by atoms with E-state index in [2.05, 4.69) is 63.9 Å². The van der Waals surface area contributed by atoms with E-state index in [1.165, 1.54) is 17.6 Å². The number of ether oxygens (including phenoxy) is 1. The van der Waals surface area contributed by atoms with Crippen LogP contribution in [0.25, 0.3) is 16.6 Å². The van der Waals surface area contributed by atoms with E-state index in [0.29, 0.717) is 16.9 Å². The molecule has 1 aliphatic carbocycles. The van der Waals surface area contributed by atoms with Gasteiger partial charge in [-0.3, -0.25) is 4.90 Å². The van der Waals surface area contributed by atoms with Gasteiger partial charge in [-0.05, 0) is 60.1 Å². The van der Waals surface area contributed by atoms with Crippen molar-refractivity contribution in [3.05, 3.63) is 89.8 Å². The van der Waals surface area contributed by atoms with Gasteiger partial charge in [0.2, 0.25) is 0 Å². The van der Waals surface area contributed by atoms with E-state index in [0.717, 1.165) is 62.3 Å². The van der Waals surface area contributed by atoms with Gasteiger partial charge >= 0.3 is 5.97 Å². The highest BCUT2D eigenvalue weighted by atomic mass is 16.5. The van der Waals surface area contributed by atoms with Gasteiger partial charge in [-0.25, -0.2) is 9.78 Å². The van der Waals surface area contributed by atoms with Crippen molar-refractivity contribution in [2.45, 2.75) is 33.1 Å². The number of carboxylic acid groups (broad SMARTS) is 1. The van der Waals surface area contributed by atoms with E-state index in [-0.39, 0.29) is 5.56 Å². The Hall–Kier alpha value is -4.10. The van der Waals surface area contributed by atoms with Crippen molar-refractivity contribution in [2.75, 3.05) is 37.6 Å². The SMILES string of the molecule is CC1(C)CCC(CN2CCN(c3ccc(C(=O)O)c(Oc4cnc5[nH]ccc5c4)c3)CC2)=C(c2ccccc2)C1. The molecular weight excluding hydrogens is 500 g/mol. The highest BCUT2D eigenvalue weighted by molar-refractivity contribution is 5.92. The second-order valence-electron chi connectivity index (χ2n) is 11.7. The van der Waals surface area contributed by atoms with Gasteiger partial charge in [-0.2, -0.15) is 0 Å². The molecule has 1 saturated heterocycles. The quantitative estimate of drug-likeness (QED) is 0.269. The average molecular weight is 537 g/mol. The molecule has 6 rings (SSSR count). The molecule has 1 fully saturated rings. The summed E-state index contributed by atoms with van der Waals surface area (Å²) in [5, 5.41) is 10.7. The highest BCUT2D eigenvalue weighted by Crippen LogP contribution is 2.43. The lowest BCUT2D eigenvalue weighted by Gasteiger charge is -2.39. The Labute approximate surface area is 235 Å². The molecule has 0 amide bonds. The van der Waals surface area contributed by atoms with Crippen molar-refractivity contribution in [3.8, 4) is 11.5 Å². The molecule has 7 heteroatoms. The Morgan fingerprint density at radius 2 is 1.85 bits per heavy atom. The number of piperazine rings is 1. The van der Waals surface area contributed by atoms with Gasteiger partial charge < -0.3 is 19.7 Å². The summed E-state index contributed by atoms with van der Waals surface area (Å²) in [7, 11) is 0. The number of fused-ring (bicyclic) bond motifs is 1. The third-order valence-corrected chi connectivity index (χ3v) is 8.26. The lowest BCUT2D eigenvalue weighted by Crippen LogP contribution is -2.47. The fraction of sp³-hybridized carbons (Fsp3) is 0.333. The van der Waals surface area contributed by atoms with Crippen molar-refractivity contribution >= 4 is 28.3 Å². The first-order valence-electron chi connectivity index (χ1n) is 14.1. The highest BCUT2D eigenvalue weighted by Gasteiger charge is 2.29. The average Bonchev–Trinajstić information content (AvgIpc) is 3.43. The van der Waals surface area contributed by atoms with Crippen molar-refractivity contribution in [1.29, 1.82) is 0 Å². The number of pyridine rings is 1. The summed E-state index contributed by atoms with van der Waals surface area (Å²) in [5.74, 6) is -0.179. The molecule has 2 aromatic heterocycles. The van der Waals surface area contributed by atoms with Gasteiger partial charge in [0.05, 0.1) is 6.20 Å². The molecule has 0 saturated carbocycles. The third-order valence-electron chi connectivity index (χ3n) is 8.26. The van der Waals surface area contributed by atoms with Crippen LogP contribution in [0, 0.1) is 5.41 Å². The predicted octanol–water partition coefficient (Wildman–Crippen LogP) is 6.84. The van der Waals surface area contributed by atoms with Gasteiger partial charge in [-0.15, -0.1) is 0 Å². The summed E-state index contributed by atoms with van der Waals surface area (Å²) in [6.07, 6.45) is 6.93. The minimum absolute atomic E-state index is 0.136. The van der Waals surface area contributed by atoms with Gasteiger partial charge in [-0.1, -0.05) is 49.8 Å². The van der Waals surface area contributed by atoms with E-state index in [4.69, 9.17) is 4.74 Å². The second kappa shape index (κ2) is 10.8. The van der Waals surface area contributed by atoms with Gasteiger partial charge in [0.15, 0.2) is 0 Å². The van der Waals surface area contributed by atoms with Crippen LogP contribution in [0.4, 0.5) is 5.69 Å².